The quantitative estimate of drug-likeness (QED) is 0.155. The first-order valence-corrected chi connectivity index (χ1v) is 34.3. The van der Waals surface area contributed by atoms with Crippen LogP contribution >= 0.6 is 0 Å². The van der Waals surface area contributed by atoms with Crippen molar-refractivity contribution in [3.63, 3.8) is 0 Å². The van der Waals surface area contributed by atoms with Crippen molar-refractivity contribution < 1.29 is 8.83 Å². The van der Waals surface area contributed by atoms with Crippen LogP contribution in [0.25, 0.3) is 159 Å². The molecule has 4 aliphatic carbocycles. The largest absolute Gasteiger partial charge is 0.456 e. The molecule has 2 atom stereocenters. The van der Waals surface area contributed by atoms with Gasteiger partial charge in [0.05, 0.1) is 0 Å². The van der Waals surface area contributed by atoms with Gasteiger partial charge in [-0.1, -0.05) is 270 Å². The third-order valence-corrected chi connectivity index (χ3v) is 23.2. The predicted octanol–water partition coefficient (Wildman–Crippen LogP) is 23.8. The number of hydrogen-bond acceptors (Lipinski definition) is 2. The van der Waals surface area contributed by atoms with Gasteiger partial charge in [0.2, 0.25) is 0 Å². The minimum Gasteiger partial charge on any atom is -0.456 e. The third kappa shape index (κ3) is 7.31. The van der Waals surface area contributed by atoms with Crippen LogP contribution in [0, 0.1) is 0 Å². The topological polar surface area (TPSA) is 26.3 Å². The molecule has 0 N–H and O–H groups in total. The van der Waals surface area contributed by atoms with Gasteiger partial charge < -0.3 is 8.83 Å². The molecule has 452 valence electrons. The molecule has 0 spiro atoms. The fourth-order valence-electron chi connectivity index (χ4n) is 19.2. The van der Waals surface area contributed by atoms with Gasteiger partial charge in [-0.05, 0) is 215 Å². The molecule has 0 radical (unpaired) electrons. The number of para-hydroxylation sites is 2. The van der Waals surface area contributed by atoms with Crippen LogP contribution in [0.2, 0.25) is 0 Å². The van der Waals surface area contributed by atoms with E-state index in [-0.39, 0.29) is 16.7 Å². The number of benzene rings is 15. The number of furan rings is 2. The first kappa shape index (κ1) is 54.1. The standard InChI is InChI=1S/C94H64O2/c1-93(2)79-48-46-55(49-78(79)88-69-39-17-18-40-70(69)89-72-41-21-24-44-82(72)96-92(89)91(88)93)85-63-33-11-13-35-65(63)86(66-36-14-12-34-64(66)85)71-47-45-56(57-27-7-8-28-58(57)71)53-94(3)80-42-22-19-29-59(80)76-51-75(73-50-74-60-30-20-23-43-81(60)95-83(74)52-77(73)90(76)94)87-67-37-15-9-31-61(67)84(54-25-5-4-6-26-54)62-32-10-16-38-68(62)87/h4-5,7-25,27-50,52,76H,6,26,51,53H2,1-3H3. The Morgan fingerprint density at radius 2 is 0.948 bits per heavy atom. The molecule has 2 heterocycles. The van der Waals surface area contributed by atoms with Gasteiger partial charge in [0.1, 0.15) is 22.3 Å². The van der Waals surface area contributed by atoms with Crippen molar-refractivity contribution >= 4 is 125 Å². The van der Waals surface area contributed by atoms with E-state index in [1.54, 1.807) is 0 Å². The van der Waals surface area contributed by atoms with E-state index >= 15 is 0 Å². The lowest BCUT2D eigenvalue weighted by atomic mass is 9.69. The molecule has 4 aliphatic rings. The van der Waals surface area contributed by atoms with Crippen molar-refractivity contribution in [3.8, 4) is 33.4 Å². The van der Waals surface area contributed by atoms with Gasteiger partial charge in [-0.3, -0.25) is 0 Å². The molecule has 2 unspecified atom stereocenters. The first-order valence-electron chi connectivity index (χ1n) is 34.3. The van der Waals surface area contributed by atoms with Crippen LogP contribution in [-0.2, 0) is 17.3 Å². The second kappa shape index (κ2) is 19.9. The van der Waals surface area contributed by atoms with Crippen molar-refractivity contribution in [1.29, 1.82) is 0 Å². The summed E-state index contributed by atoms with van der Waals surface area (Å²) in [6.45, 7) is 7.33. The van der Waals surface area contributed by atoms with Gasteiger partial charge in [0.15, 0.2) is 0 Å². The zero-order chi connectivity index (χ0) is 63.3. The number of rotatable bonds is 6. The van der Waals surface area contributed by atoms with Crippen LogP contribution < -0.4 is 10.4 Å². The summed E-state index contributed by atoms with van der Waals surface area (Å²) < 4.78 is 13.9. The fraction of sp³-hybridized carbons (Fsp3) is 0.106. The lowest BCUT2D eigenvalue weighted by Crippen LogP contribution is -2.40. The Kier molecular flexibility index (Phi) is 11.2. The van der Waals surface area contributed by atoms with Crippen LogP contribution in [0.1, 0.15) is 84.9 Å². The second-order valence-corrected chi connectivity index (χ2v) is 28.4. The summed E-state index contributed by atoms with van der Waals surface area (Å²) in [5.74, 6) is 0.138. The van der Waals surface area contributed by atoms with Crippen LogP contribution in [0.15, 0.2) is 288 Å². The molecule has 0 saturated heterocycles. The maximum Gasteiger partial charge on any atom is 0.140 e. The van der Waals surface area contributed by atoms with Crippen molar-refractivity contribution in [2.75, 3.05) is 0 Å². The summed E-state index contributed by atoms with van der Waals surface area (Å²) in [7, 11) is 0. The molecule has 0 aliphatic heterocycles. The number of hydrogen-bond donors (Lipinski definition) is 0. The maximum atomic E-state index is 6.95. The van der Waals surface area contributed by atoms with E-state index < -0.39 is 0 Å². The lowest BCUT2D eigenvalue weighted by Gasteiger charge is -2.33. The van der Waals surface area contributed by atoms with Gasteiger partial charge in [-0.2, -0.15) is 0 Å². The van der Waals surface area contributed by atoms with Crippen LogP contribution in [0.4, 0.5) is 0 Å². The van der Waals surface area contributed by atoms with E-state index in [9.17, 15) is 0 Å². The molecule has 0 saturated carbocycles. The van der Waals surface area contributed by atoms with Crippen LogP contribution in [0.3, 0.4) is 0 Å². The van der Waals surface area contributed by atoms with E-state index in [2.05, 4.69) is 300 Å². The molecule has 15 aromatic carbocycles. The molecule has 2 nitrogen and oxygen atoms in total. The highest BCUT2D eigenvalue weighted by Crippen LogP contribution is 2.60. The molecule has 96 heavy (non-hydrogen) atoms. The smallest absolute Gasteiger partial charge is 0.140 e. The summed E-state index contributed by atoms with van der Waals surface area (Å²) in [5, 5.41) is 22.6. The van der Waals surface area contributed by atoms with Crippen LogP contribution in [0.5, 0.6) is 0 Å². The fourth-order valence-corrected chi connectivity index (χ4v) is 19.2. The number of allylic oxidation sites excluding steroid dienone is 4. The first-order chi connectivity index (χ1) is 47.3. The molecule has 21 rings (SSSR count). The van der Waals surface area contributed by atoms with Crippen molar-refractivity contribution in [2.24, 2.45) is 0 Å². The second-order valence-electron chi connectivity index (χ2n) is 28.4. The zero-order valence-corrected chi connectivity index (χ0v) is 53.8. The number of fused-ring (bicyclic) bond motifs is 22. The average molecular weight is 1230 g/mol. The maximum absolute atomic E-state index is 6.95. The van der Waals surface area contributed by atoms with Gasteiger partial charge in [0, 0.05) is 43.9 Å². The Morgan fingerprint density at radius 1 is 0.396 bits per heavy atom. The van der Waals surface area contributed by atoms with Gasteiger partial charge in [-0.15, -0.1) is 0 Å². The van der Waals surface area contributed by atoms with E-state index in [0.717, 1.165) is 58.8 Å². The van der Waals surface area contributed by atoms with Crippen molar-refractivity contribution in [2.45, 2.75) is 63.2 Å². The highest BCUT2D eigenvalue weighted by atomic mass is 16.3. The normalized spacial score (nSPS) is 17.0. The van der Waals surface area contributed by atoms with Crippen molar-refractivity contribution in [3.05, 3.63) is 328 Å². The highest BCUT2D eigenvalue weighted by Gasteiger charge is 2.48. The Morgan fingerprint density at radius 3 is 1.61 bits per heavy atom. The summed E-state index contributed by atoms with van der Waals surface area (Å²) in [6.07, 6.45) is 10.7. The zero-order valence-electron chi connectivity index (χ0n) is 53.8. The van der Waals surface area contributed by atoms with E-state index in [1.807, 2.05) is 0 Å². The molecule has 17 aromatic rings. The monoisotopic (exact) mass is 1220 g/mol. The average Bonchev–Trinajstić information content (AvgIpc) is 1.50. The lowest BCUT2D eigenvalue weighted by molar-refractivity contribution is 0.610. The van der Waals surface area contributed by atoms with E-state index in [4.69, 9.17) is 8.83 Å². The molecular formula is C94H64O2. The minimum atomic E-state index is -0.378. The molecule has 0 bridgehead atoms. The Labute approximate surface area is 555 Å². The van der Waals surface area contributed by atoms with Gasteiger partial charge in [0.25, 0.3) is 0 Å². The third-order valence-electron chi connectivity index (χ3n) is 23.2. The highest BCUT2D eigenvalue weighted by molar-refractivity contribution is 6.27. The summed E-state index contributed by atoms with van der Waals surface area (Å²) in [5.41, 5.74) is 24.5. The van der Waals surface area contributed by atoms with Crippen LogP contribution in [-0.4, -0.2) is 0 Å². The molecule has 0 amide bonds. The Bertz CT molecular complexity index is 6460. The van der Waals surface area contributed by atoms with Crippen molar-refractivity contribution in [1.82, 2.24) is 0 Å². The summed E-state index contributed by atoms with van der Waals surface area (Å²) in [6, 6.07) is 99.0. The molecule has 2 aromatic heterocycles. The summed E-state index contributed by atoms with van der Waals surface area (Å²) in [4.78, 5) is 0. The summed E-state index contributed by atoms with van der Waals surface area (Å²) >= 11 is 0. The SMILES string of the molecule is CC1(Cc2ccc(-c3c4ccccc4c(-c4ccc5c(c4)-c4c(c6oc7ccccc7c6c6ccccc46)C5(C)C)c4ccccc34)c3ccccc23)C2=c3cc4oc5ccccc5c4cc3=C(c3c4ccccc4c(C4=CC=CCC4)c4ccccc34)CC2c2ccccc21. The van der Waals surface area contributed by atoms with E-state index in [1.165, 1.54) is 175 Å². The molecule has 2 heteroatoms. The van der Waals surface area contributed by atoms with E-state index in [0.29, 0.717) is 0 Å². The predicted molar refractivity (Wildman–Crippen MR) is 404 cm³/mol. The Hall–Kier alpha value is -11.3. The molecular weight excluding hydrogens is 1160 g/mol. The van der Waals surface area contributed by atoms with Gasteiger partial charge in [-0.25, -0.2) is 0 Å². The molecule has 0 fully saturated rings. The minimum absolute atomic E-state index is 0.138. The van der Waals surface area contributed by atoms with Gasteiger partial charge >= 0.3 is 0 Å². The Balaban J connectivity index is 0.765.